The Morgan fingerprint density at radius 3 is 2.75 bits per heavy atom. The van der Waals surface area contributed by atoms with Gasteiger partial charge in [-0.05, 0) is 39.2 Å². The molecule has 1 rings (SSSR count). The molecule has 0 saturated carbocycles. The molecule has 3 unspecified atom stereocenters. The Kier molecular flexibility index (Phi) is 5.22. The minimum Gasteiger partial charge on any atom is -0.391 e. The molecule has 0 radical (unpaired) electrons. The van der Waals surface area contributed by atoms with E-state index in [1.807, 2.05) is 13.8 Å². The molecular weight excluding hydrogens is 202 g/mol. The van der Waals surface area contributed by atoms with Gasteiger partial charge in [-0.1, -0.05) is 13.3 Å². The largest absolute Gasteiger partial charge is 0.391 e. The van der Waals surface area contributed by atoms with Gasteiger partial charge < -0.3 is 15.2 Å². The number of hydrogen-bond donors (Lipinski definition) is 2. The standard InChI is InChI=1S/C13H27NO2/c1-5-10-6-7-14-11(8-10)12(15)9-13(2,3)16-4/h10-12,14-15H,5-9H2,1-4H3. The zero-order valence-electron chi connectivity index (χ0n) is 11.1. The number of aliphatic hydroxyl groups is 1. The van der Waals surface area contributed by atoms with Crippen molar-refractivity contribution in [1.29, 1.82) is 0 Å². The first-order valence-electron chi connectivity index (χ1n) is 6.45. The van der Waals surface area contributed by atoms with Crippen LogP contribution in [0, 0.1) is 5.92 Å². The second kappa shape index (κ2) is 5.99. The third-order valence-corrected chi connectivity index (χ3v) is 3.84. The number of ether oxygens (including phenoxy) is 1. The van der Waals surface area contributed by atoms with E-state index in [-0.39, 0.29) is 17.7 Å². The zero-order chi connectivity index (χ0) is 12.2. The van der Waals surface area contributed by atoms with Crippen LogP contribution in [0.25, 0.3) is 0 Å². The summed E-state index contributed by atoms with van der Waals surface area (Å²) in [6, 6.07) is 0.244. The van der Waals surface area contributed by atoms with Gasteiger partial charge in [-0.3, -0.25) is 0 Å². The van der Waals surface area contributed by atoms with E-state index >= 15 is 0 Å². The van der Waals surface area contributed by atoms with Gasteiger partial charge in [-0.15, -0.1) is 0 Å². The minimum absolute atomic E-state index is 0.236. The maximum absolute atomic E-state index is 10.2. The molecule has 0 spiro atoms. The number of aliphatic hydroxyl groups excluding tert-OH is 1. The van der Waals surface area contributed by atoms with Crippen molar-refractivity contribution in [3.8, 4) is 0 Å². The maximum Gasteiger partial charge on any atom is 0.0720 e. The first-order valence-corrected chi connectivity index (χ1v) is 6.45. The van der Waals surface area contributed by atoms with E-state index in [1.54, 1.807) is 7.11 Å². The van der Waals surface area contributed by atoms with Crippen molar-refractivity contribution in [2.45, 2.75) is 64.2 Å². The molecule has 0 amide bonds. The van der Waals surface area contributed by atoms with Crippen molar-refractivity contribution < 1.29 is 9.84 Å². The molecule has 0 bridgehead atoms. The summed E-state index contributed by atoms with van der Waals surface area (Å²) in [4.78, 5) is 0. The van der Waals surface area contributed by atoms with Crippen LogP contribution in [0.4, 0.5) is 0 Å². The Labute approximate surface area is 99.6 Å². The molecule has 1 aliphatic heterocycles. The Morgan fingerprint density at radius 1 is 1.50 bits per heavy atom. The summed E-state index contributed by atoms with van der Waals surface area (Å²) in [5.74, 6) is 0.770. The molecule has 96 valence electrons. The molecular formula is C13H27NO2. The van der Waals surface area contributed by atoms with Gasteiger partial charge in [0.25, 0.3) is 0 Å². The third-order valence-electron chi connectivity index (χ3n) is 3.84. The second-order valence-electron chi connectivity index (χ2n) is 5.59. The monoisotopic (exact) mass is 229 g/mol. The number of rotatable bonds is 5. The van der Waals surface area contributed by atoms with Crippen LogP contribution in [0.3, 0.4) is 0 Å². The summed E-state index contributed by atoms with van der Waals surface area (Å²) in [6.45, 7) is 7.32. The van der Waals surface area contributed by atoms with Gasteiger partial charge in [0, 0.05) is 19.6 Å². The maximum atomic E-state index is 10.2. The molecule has 0 aromatic carbocycles. The normalized spacial score (nSPS) is 29.1. The topological polar surface area (TPSA) is 41.5 Å². The van der Waals surface area contributed by atoms with Crippen molar-refractivity contribution in [1.82, 2.24) is 5.32 Å². The lowest BCUT2D eigenvalue weighted by Crippen LogP contribution is -2.48. The van der Waals surface area contributed by atoms with Crippen molar-refractivity contribution in [2.75, 3.05) is 13.7 Å². The number of nitrogens with one attached hydrogen (secondary N) is 1. The predicted molar refractivity (Wildman–Crippen MR) is 66.5 cm³/mol. The van der Waals surface area contributed by atoms with Crippen LogP contribution in [-0.2, 0) is 4.74 Å². The average molecular weight is 229 g/mol. The fourth-order valence-electron chi connectivity index (χ4n) is 2.43. The highest BCUT2D eigenvalue weighted by molar-refractivity contribution is 4.86. The van der Waals surface area contributed by atoms with E-state index in [2.05, 4.69) is 12.2 Å². The minimum atomic E-state index is -0.302. The third kappa shape index (κ3) is 4.04. The van der Waals surface area contributed by atoms with Gasteiger partial charge in [0.2, 0.25) is 0 Å². The van der Waals surface area contributed by atoms with Crippen LogP contribution in [-0.4, -0.2) is 36.5 Å². The van der Waals surface area contributed by atoms with Crippen LogP contribution in [0.15, 0.2) is 0 Å². The summed E-state index contributed by atoms with van der Waals surface area (Å²) >= 11 is 0. The molecule has 0 aromatic heterocycles. The molecule has 3 heteroatoms. The van der Waals surface area contributed by atoms with Gasteiger partial charge in [-0.2, -0.15) is 0 Å². The highest BCUT2D eigenvalue weighted by Crippen LogP contribution is 2.25. The van der Waals surface area contributed by atoms with E-state index in [0.29, 0.717) is 6.42 Å². The van der Waals surface area contributed by atoms with E-state index in [0.717, 1.165) is 18.9 Å². The number of hydrogen-bond acceptors (Lipinski definition) is 3. The fraction of sp³-hybridized carbons (Fsp3) is 1.00. The lowest BCUT2D eigenvalue weighted by Gasteiger charge is -2.36. The zero-order valence-corrected chi connectivity index (χ0v) is 11.1. The molecule has 3 atom stereocenters. The summed E-state index contributed by atoms with van der Waals surface area (Å²) in [7, 11) is 1.70. The SMILES string of the molecule is CCC1CCNC(C(O)CC(C)(C)OC)C1. The van der Waals surface area contributed by atoms with Gasteiger partial charge in [-0.25, -0.2) is 0 Å². The Hall–Kier alpha value is -0.120. The highest BCUT2D eigenvalue weighted by atomic mass is 16.5. The predicted octanol–water partition coefficient (Wildman–Crippen LogP) is 1.94. The van der Waals surface area contributed by atoms with Gasteiger partial charge in [0.1, 0.15) is 0 Å². The summed E-state index contributed by atoms with van der Waals surface area (Å²) in [6.07, 6.45) is 3.95. The molecule has 1 saturated heterocycles. The fourth-order valence-corrected chi connectivity index (χ4v) is 2.43. The van der Waals surface area contributed by atoms with Gasteiger partial charge in [0.15, 0.2) is 0 Å². The van der Waals surface area contributed by atoms with Crippen LogP contribution < -0.4 is 5.32 Å². The van der Waals surface area contributed by atoms with Crippen LogP contribution >= 0.6 is 0 Å². The molecule has 3 nitrogen and oxygen atoms in total. The van der Waals surface area contributed by atoms with E-state index < -0.39 is 0 Å². The lowest BCUT2D eigenvalue weighted by atomic mass is 9.85. The lowest BCUT2D eigenvalue weighted by molar-refractivity contribution is -0.0327. The van der Waals surface area contributed by atoms with Crippen molar-refractivity contribution >= 4 is 0 Å². The number of piperidine rings is 1. The first-order chi connectivity index (χ1) is 7.48. The van der Waals surface area contributed by atoms with Gasteiger partial charge in [0.05, 0.1) is 11.7 Å². The highest BCUT2D eigenvalue weighted by Gasteiger charge is 2.30. The summed E-state index contributed by atoms with van der Waals surface area (Å²) in [5.41, 5.74) is -0.236. The van der Waals surface area contributed by atoms with E-state index in [1.165, 1.54) is 12.8 Å². The summed E-state index contributed by atoms with van der Waals surface area (Å²) in [5, 5.41) is 13.6. The average Bonchev–Trinajstić information content (AvgIpc) is 2.28. The van der Waals surface area contributed by atoms with Gasteiger partial charge >= 0.3 is 0 Å². The van der Waals surface area contributed by atoms with E-state index in [9.17, 15) is 5.11 Å². The molecule has 16 heavy (non-hydrogen) atoms. The van der Waals surface area contributed by atoms with Crippen LogP contribution in [0.2, 0.25) is 0 Å². The second-order valence-corrected chi connectivity index (χ2v) is 5.59. The first kappa shape index (κ1) is 13.9. The van der Waals surface area contributed by atoms with Crippen LogP contribution in [0.5, 0.6) is 0 Å². The molecule has 1 heterocycles. The van der Waals surface area contributed by atoms with Crippen LogP contribution in [0.1, 0.15) is 46.5 Å². The quantitative estimate of drug-likeness (QED) is 0.757. The van der Waals surface area contributed by atoms with E-state index in [4.69, 9.17) is 4.74 Å². The van der Waals surface area contributed by atoms with Crippen molar-refractivity contribution in [3.05, 3.63) is 0 Å². The molecule has 1 fully saturated rings. The summed E-state index contributed by atoms with van der Waals surface area (Å²) < 4.78 is 5.36. The Balaban J connectivity index is 2.44. The molecule has 2 N–H and O–H groups in total. The Bertz CT molecular complexity index is 206. The van der Waals surface area contributed by atoms with Crippen molar-refractivity contribution in [3.63, 3.8) is 0 Å². The molecule has 1 aliphatic rings. The molecule has 0 aliphatic carbocycles. The smallest absolute Gasteiger partial charge is 0.0720 e. The Morgan fingerprint density at radius 2 is 2.19 bits per heavy atom. The molecule has 0 aromatic rings. The van der Waals surface area contributed by atoms with Crippen molar-refractivity contribution in [2.24, 2.45) is 5.92 Å². The number of methoxy groups -OCH3 is 1.